The molecule has 0 aliphatic carbocycles. The summed E-state index contributed by atoms with van der Waals surface area (Å²) in [6.45, 7) is 3.97. The third-order valence-corrected chi connectivity index (χ3v) is 2.73. The van der Waals surface area contributed by atoms with Crippen LogP contribution in [0.25, 0.3) is 11.3 Å². The van der Waals surface area contributed by atoms with Gasteiger partial charge in [0.05, 0.1) is 10.7 Å². The zero-order chi connectivity index (χ0) is 11.5. The molecule has 0 spiro atoms. The molecule has 0 atom stereocenters. The third kappa shape index (κ3) is 1.86. The number of hydrogen-bond donors (Lipinski definition) is 0. The van der Waals surface area contributed by atoms with E-state index in [1.165, 1.54) is 6.33 Å². The second-order valence-corrected chi connectivity index (χ2v) is 3.83. The Morgan fingerprint density at radius 3 is 2.81 bits per heavy atom. The topological polar surface area (TPSA) is 30.7 Å². The first kappa shape index (κ1) is 10.9. The first-order chi connectivity index (χ1) is 7.74. The Balaban J connectivity index is 2.58. The highest BCUT2D eigenvalue weighted by Crippen LogP contribution is 2.22. The van der Waals surface area contributed by atoms with Crippen LogP contribution in [0.5, 0.6) is 0 Å². The van der Waals surface area contributed by atoms with Gasteiger partial charge in [-0.05, 0) is 31.6 Å². The lowest BCUT2D eigenvalue weighted by Gasteiger charge is -2.07. The summed E-state index contributed by atoms with van der Waals surface area (Å²) in [4.78, 5) is 4.23. The van der Waals surface area contributed by atoms with Crippen LogP contribution in [0.1, 0.15) is 19.7 Å². The van der Waals surface area contributed by atoms with Crippen molar-refractivity contribution < 1.29 is 0 Å². The monoisotopic (exact) mass is 233 g/mol. The Labute approximate surface area is 99.4 Å². The van der Waals surface area contributed by atoms with Gasteiger partial charge in [-0.3, -0.25) is 0 Å². The van der Waals surface area contributed by atoms with Crippen LogP contribution < -0.4 is 0 Å². The van der Waals surface area contributed by atoms with Gasteiger partial charge in [0.1, 0.15) is 6.33 Å². The van der Waals surface area contributed by atoms with Gasteiger partial charge in [0.25, 0.3) is 0 Å². The van der Waals surface area contributed by atoms with Crippen LogP contribution in [-0.2, 0) is 0 Å². The molecule has 3 nitrogen and oxygen atoms in total. The molecule has 0 bridgehead atoms. The van der Waals surface area contributed by atoms with Crippen LogP contribution in [0.3, 0.4) is 0 Å². The number of rotatable bonds is 2. The Hall–Kier alpha value is -1.61. The highest BCUT2D eigenvalue weighted by atomic mass is 35.5. The van der Waals surface area contributed by atoms with E-state index in [4.69, 9.17) is 11.6 Å². The molecule has 1 heterocycles. The van der Waals surface area contributed by atoms with Gasteiger partial charge in [-0.2, -0.15) is 5.10 Å². The van der Waals surface area contributed by atoms with E-state index in [-0.39, 0.29) is 0 Å². The Morgan fingerprint density at radius 1 is 1.38 bits per heavy atom. The normalized spacial score (nSPS) is 11.8. The van der Waals surface area contributed by atoms with Crippen LogP contribution >= 0.6 is 11.6 Å². The van der Waals surface area contributed by atoms with Gasteiger partial charge in [-0.15, -0.1) is 0 Å². The lowest BCUT2D eigenvalue weighted by atomic mass is 10.2. The largest absolute Gasteiger partial charge is 0.215 e. The molecule has 0 saturated carbocycles. The zero-order valence-electron chi connectivity index (χ0n) is 9.18. The first-order valence-electron chi connectivity index (χ1n) is 5.02. The summed E-state index contributed by atoms with van der Waals surface area (Å²) in [5.74, 6) is 0.815. The van der Waals surface area contributed by atoms with Gasteiger partial charge in [0.2, 0.25) is 0 Å². The molecule has 4 heteroatoms. The van der Waals surface area contributed by atoms with E-state index >= 15 is 0 Å². The third-order valence-electron chi connectivity index (χ3n) is 2.41. The molecule has 0 N–H and O–H groups in total. The summed E-state index contributed by atoms with van der Waals surface area (Å²) in [5, 5.41) is 4.86. The van der Waals surface area contributed by atoms with Gasteiger partial charge in [-0.25, -0.2) is 9.67 Å². The molecule has 0 saturated heterocycles. The quantitative estimate of drug-likeness (QED) is 0.797. The molecule has 0 radical (unpaired) electrons. The molecule has 16 heavy (non-hydrogen) atoms. The van der Waals surface area contributed by atoms with Crippen molar-refractivity contribution in [2.75, 3.05) is 0 Å². The molecule has 0 fully saturated rings. The van der Waals surface area contributed by atoms with E-state index in [0.717, 1.165) is 17.1 Å². The minimum absolute atomic E-state index is 0.665. The first-order valence-corrected chi connectivity index (χ1v) is 5.40. The summed E-state index contributed by atoms with van der Waals surface area (Å²) in [6, 6.07) is 7.58. The summed E-state index contributed by atoms with van der Waals surface area (Å²) in [7, 11) is 0. The molecule has 0 aliphatic rings. The molecule has 82 valence electrons. The SMILES string of the molecule is C/C=C(\C)c1ncnn1-c1ccccc1Cl. The minimum atomic E-state index is 0.665. The maximum absolute atomic E-state index is 6.13. The van der Waals surface area contributed by atoms with Crippen molar-refractivity contribution >= 4 is 17.2 Å². The number of allylic oxidation sites excluding steroid dienone is 2. The minimum Gasteiger partial charge on any atom is -0.215 e. The van der Waals surface area contributed by atoms with E-state index in [1.807, 2.05) is 44.2 Å². The van der Waals surface area contributed by atoms with E-state index in [1.54, 1.807) is 4.68 Å². The van der Waals surface area contributed by atoms with Crippen molar-refractivity contribution in [3.05, 3.63) is 47.5 Å². The molecular formula is C12H12ClN3. The predicted molar refractivity (Wildman–Crippen MR) is 65.7 cm³/mol. The Kier molecular flexibility index (Phi) is 3.06. The second kappa shape index (κ2) is 4.49. The maximum Gasteiger partial charge on any atom is 0.158 e. The molecular weight excluding hydrogens is 222 g/mol. The highest BCUT2D eigenvalue weighted by Gasteiger charge is 2.09. The second-order valence-electron chi connectivity index (χ2n) is 3.42. The molecule has 1 aromatic carbocycles. The van der Waals surface area contributed by atoms with Crippen molar-refractivity contribution in [2.24, 2.45) is 0 Å². The van der Waals surface area contributed by atoms with Crippen LogP contribution in [0.4, 0.5) is 0 Å². The standard InChI is InChI=1S/C12H12ClN3/c1-3-9(2)12-14-8-15-16(12)11-7-5-4-6-10(11)13/h3-8H,1-2H3/b9-3+. The van der Waals surface area contributed by atoms with Crippen LogP contribution in [0.2, 0.25) is 5.02 Å². The van der Waals surface area contributed by atoms with Crippen molar-refractivity contribution in [3.8, 4) is 5.69 Å². The summed E-state index contributed by atoms with van der Waals surface area (Å²) >= 11 is 6.13. The van der Waals surface area contributed by atoms with Crippen LogP contribution in [0, 0.1) is 0 Å². The fraction of sp³-hybridized carbons (Fsp3) is 0.167. The van der Waals surface area contributed by atoms with Crippen molar-refractivity contribution in [1.29, 1.82) is 0 Å². The molecule has 0 amide bonds. The molecule has 0 aliphatic heterocycles. The smallest absolute Gasteiger partial charge is 0.158 e. The fourth-order valence-electron chi connectivity index (χ4n) is 1.44. The Bertz CT molecular complexity index is 529. The molecule has 0 unspecified atom stereocenters. The average Bonchev–Trinajstić information content (AvgIpc) is 2.77. The zero-order valence-corrected chi connectivity index (χ0v) is 9.94. The maximum atomic E-state index is 6.13. The number of halogens is 1. The Morgan fingerprint density at radius 2 is 2.12 bits per heavy atom. The summed E-state index contributed by atoms with van der Waals surface area (Å²) < 4.78 is 1.75. The molecule has 1 aromatic heterocycles. The number of nitrogens with zero attached hydrogens (tertiary/aromatic N) is 3. The van der Waals surface area contributed by atoms with Crippen LogP contribution in [0.15, 0.2) is 36.7 Å². The summed E-state index contributed by atoms with van der Waals surface area (Å²) in [6.07, 6.45) is 3.53. The molecule has 2 aromatic rings. The van der Waals surface area contributed by atoms with Crippen LogP contribution in [-0.4, -0.2) is 14.8 Å². The van der Waals surface area contributed by atoms with E-state index in [9.17, 15) is 0 Å². The number of aromatic nitrogens is 3. The van der Waals surface area contributed by atoms with Crippen molar-refractivity contribution in [2.45, 2.75) is 13.8 Å². The van der Waals surface area contributed by atoms with Gasteiger partial charge >= 0.3 is 0 Å². The highest BCUT2D eigenvalue weighted by molar-refractivity contribution is 6.32. The number of benzene rings is 1. The van der Waals surface area contributed by atoms with Gasteiger partial charge in [0, 0.05) is 0 Å². The van der Waals surface area contributed by atoms with Crippen molar-refractivity contribution in [1.82, 2.24) is 14.8 Å². The average molecular weight is 234 g/mol. The predicted octanol–water partition coefficient (Wildman–Crippen LogP) is 3.34. The lowest BCUT2D eigenvalue weighted by Crippen LogP contribution is -2.02. The van der Waals surface area contributed by atoms with Gasteiger partial charge in [0.15, 0.2) is 5.82 Å². The number of hydrogen-bond acceptors (Lipinski definition) is 2. The molecule has 2 rings (SSSR count). The van der Waals surface area contributed by atoms with E-state index < -0.39 is 0 Å². The van der Waals surface area contributed by atoms with Crippen molar-refractivity contribution in [3.63, 3.8) is 0 Å². The van der Waals surface area contributed by atoms with Gasteiger partial charge < -0.3 is 0 Å². The summed E-state index contributed by atoms with van der Waals surface area (Å²) in [5.41, 5.74) is 1.91. The number of para-hydroxylation sites is 1. The lowest BCUT2D eigenvalue weighted by molar-refractivity contribution is 0.862. The van der Waals surface area contributed by atoms with E-state index in [2.05, 4.69) is 10.1 Å². The fourth-order valence-corrected chi connectivity index (χ4v) is 1.66. The van der Waals surface area contributed by atoms with Gasteiger partial charge in [-0.1, -0.05) is 29.8 Å². The van der Waals surface area contributed by atoms with E-state index in [0.29, 0.717) is 5.02 Å².